The van der Waals surface area contributed by atoms with Crippen LogP contribution in [0.5, 0.6) is 0 Å². The quantitative estimate of drug-likeness (QED) is 0.645. The number of nitrogens with zero attached hydrogens (tertiary/aromatic N) is 4. The number of hydrogen-bond acceptors (Lipinski definition) is 6. The second kappa shape index (κ2) is 7.51. The summed E-state index contributed by atoms with van der Waals surface area (Å²) in [5.41, 5.74) is 3.96. The van der Waals surface area contributed by atoms with E-state index in [1.807, 2.05) is 6.92 Å². The van der Waals surface area contributed by atoms with Gasteiger partial charge in [-0.25, -0.2) is 9.78 Å². The van der Waals surface area contributed by atoms with Crippen molar-refractivity contribution in [2.75, 3.05) is 17.7 Å². The van der Waals surface area contributed by atoms with E-state index in [9.17, 15) is 19.2 Å². The Hall–Kier alpha value is -3.69. The highest BCUT2D eigenvalue weighted by atomic mass is 16.2. The molecule has 0 saturated heterocycles. The fraction of sp³-hybridized carbons (Fsp3) is 0.278. The molecule has 0 aliphatic heterocycles. The lowest BCUT2D eigenvalue weighted by atomic mass is 10.2. The van der Waals surface area contributed by atoms with Crippen LogP contribution in [0.1, 0.15) is 30.1 Å². The lowest BCUT2D eigenvalue weighted by Crippen LogP contribution is -2.41. The number of unbranched alkanes of at least 4 members (excludes halogenated alkanes) is 1. The molecule has 28 heavy (non-hydrogen) atoms. The molecule has 0 unspecified atom stereocenters. The summed E-state index contributed by atoms with van der Waals surface area (Å²) in [4.78, 5) is 57.1. The zero-order valence-corrected chi connectivity index (χ0v) is 15.5. The lowest BCUT2D eigenvalue weighted by molar-refractivity contribution is 0.0990. The van der Waals surface area contributed by atoms with Crippen molar-refractivity contribution in [3.05, 3.63) is 67.3 Å². The van der Waals surface area contributed by atoms with E-state index in [1.54, 1.807) is 18.2 Å². The Balaban J connectivity index is 2.10. The first-order valence-electron chi connectivity index (χ1n) is 8.73. The fourth-order valence-electron chi connectivity index (χ4n) is 2.90. The Labute approximate surface area is 158 Å². The molecule has 10 nitrogen and oxygen atoms in total. The van der Waals surface area contributed by atoms with E-state index in [-0.39, 0.29) is 17.1 Å². The number of rotatable bonds is 5. The minimum absolute atomic E-state index is 0.132. The largest absolute Gasteiger partial charge is 0.383 e. The summed E-state index contributed by atoms with van der Waals surface area (Å²) in [5.74, 6) is -0.888. The molecule has 0 aliphatic carbocycles. The summed E-state index contributed by atoms with van der Waals surface area (Å²) in [6, 6.07) is 4.99. The van der Waals surface area contributed by atoms with E-state index in [0.717, 1.165) is 17.5 Å². The molecule has 3 heterocycles. The Bertz CT molecular complexity index is 1220. The summed E-state index contributed by atoms with van der Waals surface area (Å²) in [6.45, 7) is 2.25. The van der Waals surface area contributed by atoms with Gasteiger partial charge in [0.25, 0.3) is 17.0 Å². The maximum absolute atomic E-state index is 12.9. The molecule has 0 bridgehead atoms. The number of aromatic nitrogens is 4. The van der Waals surface area contributed by atoms with Crippen LogP contribution in [0.25, 0.3) is 5.65 Å². The summed E-state index contributed by atoms with van der Waals surface area (Å²) >= 11 is 0. The lowest BCUT2D eigenvalue weighted by Gasteiger charge is -2.20. The average molecular weight is 384 g/mol. The van der Waals surface area contributed by atoms with Crippen molar-refractivity contribution in [3.63, 3.8) is 0 Å². The molecular weight excluding hydrogens is 364 g/mol. The predicted molar refractivity (Wildman–Crippen MR) is 105 cm³/mol. The molecule has 10 heteroatoms. The van der Waals surface area contributed by atoms with E-state index < -0.39 is 22.7 Å². The Morgan fingerprint density at radius 3 is 2.75 bits per heavy atom. The minimum atomic E-state index is -0.806. The van der Waals surface area contributed by atoms with Crippen LogP contribution in [0.4, 0.5) is 11.5 Å². The van der Waals surface area contributed by atoms with E-state index in [4.69, 9.17) is 5.73 Å². The molecule has 0 fully saturated rings. The third-order valence-electron chi connectivity index (χ3n) is 4.43. The highest BCUT2D eigenvalue weighted by Gasteiger charge is 2.24. The number of nitrogens with one attached hydrogen (secondary N) is 1. The Kier molecular flexibility index (Phi) is 5.12. The zero-order chi connectivity index (χ0) is 20.4. The van der Waals surface area contributed by atoms with Crippen molar-refractivity contribution in [2.24, 2.45) is 0 Å². The average Bonchev–Trinajstić information content (AvgIpc) is 2.67. The van der Waals surface area contributed by atoms with Gasteiger partial charge in [0.15, 0.2) is 5.69 Å². The molecule has 0 saturated carbocycles. The molecular formula is C18H20N6O4. The topological polar surface area (TPSA) is 136 Å². The van der Waals surface area contributed by atoms with Gasteiger partial charge in [-0.05, 0) is 18.6 Å². The van der Waals surface area contributed by atoms with Crippen LogP contribution in [0.15, 0.2) is 45.0 Å². The van der Waals surface area contributed by atoms with Crippen LogP contribution in [0.3, 0.4) is 0 Å². The molecule has 0 spiro atoms. The normalized spacial score (nSPS) is 10.9. The molecule has 0 radical (unpaired) electrons. The number of aromatic amines is 1. The fourth-order valence-corrected chi connectivity index (χ4v) is 2.90. The van der Waals surface area contributed by atoms with Crippen LogP contribution >= 0.6 is 0 Å². The zero-order valence-electron chi connectivity index (χ0n) is 15.5. The van der Waals surface area contributed by atoms with Gasteiger partial charge >= 0.3 is 5.69 Å². The van der Waals surface area contributed by atoms with Crippen molar-refractivity contribution in [2.45, 2.75) is 26.3 Å². The summed E-state index contributed by atoms with van der Waals surface area (Å²) in [5, 5.41) is 0. The molecule has 3 rings (SSSR count). The first-order valence-corrected chi connectivity index (χ1v) is 8.73. The molecule has 0 aliphatic rings. The van der Waals surface area contributed by atoms with Crippen molar-refractivity contribution in [1.29, 1.82) is 0 Å². The van der Waals surface area contributed by atoms with Crippen molar-refractivity contribution < 1.29 is 4.79 Å². The van der Waals surface area contributed by atoms with Gasteiger partial charge in [0.05, 0.1) is 0 Å². The van der Waals surface area contributed by atoms with Gasteiger partial charge in [0.1, 0.15) is 17.0 Å². The van der Waals surface area contributed by atoms with Gasteiger partial charge in [-0.1, -0.05) is 19.4 Å². The van der Waals surface area contributed by atoms with Gasteiger partial charge in [0, 0.05) is 26.0 Å². The Morgan fingerprint density at radius 1 is 1.29 bits per heavy atom. The standard InChI is InChI=1S/C18H20N6O4/c1-3-4-8-24-14(19)13(15(25)21-18(24)28)22(2)16(26)11-10-20-12-7-5-6-9-23(12)17(11)27/h5-7,9-10H,3-4,8,19H2,1-2H3,(H,21,25,28). The number of fused-ring (bicyclic) bond motifs is 1. The number of amides is 1. The van der Waals surface area contributed by atoms with E-state index in [0.29, 0.717) is 18.6 Å². The third-order valence-corrected chi connectivity index (χ3v) is 4.43. The van der Waals surface area contributed by atoms with Gasteiger partial charge in [-0.3, -0.25) is 28.3 Å². The maximum atomic E-state index is 12.9. The highest BCUT2D eigenvalue weighted by molar-refractivity contribution is 6.06. The van der Waals surface area contributed by atoms with Crippen LogP contribution in [0.2, 0.25) is 0 Å². The molecule has 146 valence electrons. The number of carbonyl (C=O) groups excluding carboxylic acids is 1. The number of H-pyrrole nitrogens is 1. The molecule has 3 aromatic rings. The predicted octanol–water partition coefficient (Wildman–Crippen LogP) is 0.203. The number of nitrogen functional groups attached to an aromatic ring is 1. The summed E-state index contributed by atoms with van der Waals surface area (Å²) in [6.07, 6.45) is 4.14. The van der Waals surface area contributed by atoms with Crippen LogP contribution in [-0.2, 0) is 6.54 Å². The number of pyridine rings is 1. The van der Waals surface area contributed by atoms with E-state index in [2.05, 4.69) is 9.97 Å². The van der Waals surface area contributed by atoms with Crippen molar-refractivity contribution in [3.8, 4) is 0 Å². The summed E-state index contributed by atoms with van der Waals surface area (Å²) < 4.78 is 2.44. The van der Waals surface area contributed by atoms with Gasteiger partial charge < -0.3 is 10.6 Å². The van der Waals surface area contributed by atoms with Crippen LogP contribution < -0.4 is 27.4 Å². The number of nitrogens with two attached hydrogens (primary N) is 1. The van der Waals surface area contributed by atoms with Crippen LogP contribution in [0, 0.1) is 0 Å². The van der Waals surface area contributed by atoms with Gasteiger partial charge in [0.2, 0.25) is 0 Å². The second-order valence-electron chi connectivity index (χ2n) is 6.27. The van der Waals surface area contributed by atoms with E-state index >= 15 is 0 Å². The molecule has 3 N–H and O–H groups in total. The SMILES string of the molecule is CCCCn1c(N)c(N(C)C(=O)c2cnc3ccccn3c2=O)c(=O)[nH]c1=O. The number of hydrogen-bond donors (Lipinski definition) is 2. The second-order valence-corrected chi connectivity index (χ2v) is 6.27. The van der Waals surface area contributed by atoms with Gasteiger partial charge in [-0.15, -0.1) is 0 Å². The smallest absolute Gasteiger partial charge is 0.330 e. The number of anilines is 2. The first-order chi connectivity index (χ1) is 13.4. The highest BCUT2D eigenvalue weighted by Crippen LogP contribution is 2.17. The molecule has 3 aromatic heterocycles. The number of carbonyl (C=O) groups is 1. The summed E-state index contributed by atoms with van der Waals surface area (Å²) in [7, 11) is 1.32. The van der Waals surface area contributed by atoms with E-state index in [1.165, 1.54) is 22.2 Å². The minimum Gasteiger partial charge on any atom is -0.383 e. The third kappa shape index (κ3) is 3.20. The van der Waals surface area contributed by atoms with Gasteiger partial charge in [-0.2, -0.15) is 0 Å². The molecule has 0 aromatic carbocycles. The van der Waals surface area contributed by atoms with Crippen LogP contribution in [-0.4, -0.2) is 31.9 Å². The maximum Gasteiger partial charge on any atom is 0.330 e. The van der Waals surface area contributed by atoms with Crippen molar-refractivity contribution >= 4 is 23.1 Å². The monoisotopic (exact) mass is 384 g/mol. The molecule has 1 amide bonds. The first kappa shape index (κ1) is 19.1. The Morgan fingerprint density at radius 2 is 2.04 bits per heavy atom. The molecule has 0 atom stereocenters. The van der Waals surface area contributed by atoms with Crippen molar-refractivity contribution in [1.82, 2.24) is 18.9 Å².